The molecule has 0 aliphatic rings. The molecule has 0 atom stereocenters. The molecule has 2 aromatic heterocycles. The van der Waals surface area contributed by atoms with Crippen LogP contribution >= 0.6 is 11.6 Å². The summed E-state index contributed by atoms with van der Waals surface area (Å²) in [6.45, 7) is 2.90. The van der Waals surface area contributed by atoms with E-state index in [2.05, 4.69) is 36.8 Å². The topological polar surface area (TPSA) is 43.6 Å². The van der Waals surface area contributed by atoms with Crippen LogP contribution in [0.4, 0.5) is 0 Å². The zero-order valence-electron chi connectivity index (χ0n) is 9.95. The number of aryl methyl sites for hydroxylation is 1. The number of hydrogen-bond acceptors (Lipinski definition) is 3. The van der Waals surface area contributed by atoms with Crippen LogP contribution in [0.25, 0.3) is 11.0 Å². The Balaban J connectivity index is 2.76. The molecule has 86 valence electrons. The maximum atomic E-state index is 5.96. The summed E-state index contributed by atoms with van der Waals surface area (Å²) >= 11 is 3.67. The van der Waals surface area contributed by atoms with Crippen LogP contribution in [0.3, 0.4) is 0 Å². The Labute approximate surface area is 104 Å². The van der Waals surface area contributed by atoms with Gasteiger partial charge in [0.1, 0.15) is 0 Å². The van der Waals surface area contributed by atoms with Crippen molar-refractivity contribution in [2.75, 3.05) is 0 Å². The predicted molar refractivity (Wildman–Crippen MR) is 69.0 cm³/mol. The minimum absolute atomic E-state index is 0.338. The van der Waals surface area contributed by atoms with E-state index in [1.807, 2.05) is 10.9 Å². The van der Waals surface area contributed by atoms with Crippen LogP contribution in [0.15, 0.2) is 6.20 Å². The van der Waals surface area contributed by atoms with Crippen LogP contribution in [0, 0.1) is 0 Å². The van der Waals surface area contributed by atoms with Gasteiger partial charge in [-0.3, -0.25) is 0 Å². The fourth-order valence-electron chi connectivity index (χ4n) is 1.62. The molecule has 0 amide bonds. The van der Waals surface area contributed by atoms with Crippen LogP contribution < -0.4 is 3.71 Å². The van der Waals surface area contributed by atoms with E-state index in [0.717, 1.165) is 21.3 Å². The molecular weight excluding hydrogens is 330 g/mol. The molecule has 0 aromatic carbocycles. The van der Waals surface area contributed by atoms with Gasteiger partial charge in [-0.25, -0.2) is 0 Å². The first-order valence-electron chi connectivity index (χ1n) is 5.33. The Bertz CT molecular complexity index is 529. The van der Waals surface area contributed by atoms with Gasteiger partial charge < -0.3 is 0 Å². The average molecular weight is 345 g/mol. The van der Waals surface area contributed by atoms with Gasteiger partial charge in [0.2, 0.25) is 0 Å². The quantitative estimate of drug-likeness (QED) is 0.618. The summed E-state index contributed by atoms with van der Waals surface area (Å²) < 4.78 is 2.99. The summed E-state index contributed by atoms with van der Waals surface area (Å²) in [5.41, 5.74) is 1.80. The minimum atomic E-state index is -2.28. The maximum absolute atomic E-state index is 5.96. The molecule has 4 nitrogen and oxygen atoms in total. The van der Waals surface area contributed by atoms with Gasteiger partial charge in [-0.1, -0.05) is 0 Å². The fourth-order valence-corrected chi connectivity index (χ4v) is 5.79. The van der Waals surface area contributed by atoms with Crippen LogP contribution in [0.1, 0.15) is 6.92 Å². The van der Waals surface area contributed by atoms with Crippen molar-refractivity contribution in [2.45, 2.75) is 28.3 Å². The van der Waals surface area contributed by atoms with E-state index < -0.39 is 18.4 Å². The standard InChI is InChI=1S/C7H6ClN4.3CH3.Sn/c1-2-12-4-6-5(11-12)3-9-7(8)10-6;;;;/h4H,2H2,1H3;3*1H3;. The summed E-state index contributed by atoms with van der Waals surface area (Å²) in [6.07, 6.45) is 1.93. The first kappa shape index (κ1) is 12.1. The number of halogens is 1. The van der Waals surface area contributed by atoms with Gasteiger partial charge in [0.15, 0.2) is 0 Å². The Morgan fingerprint density at radius 3 is 2.56 bits per heavy atom. The number of aromatic nitrogens is 4. The molecule has 0 bridgehead atoms. The molecule has 0 N–H and O–H groups in total. The molecule has 0 radical (unpaired) electrons. The Hall–Kier alpha value is -0.361. The SMILES string of the molecule is CCn1cc2nc(Cl)n[c]([Sn]([CH3])([CH3])[CH3])c2n1. The second-order valence-corrected chi connectivity index (χ2v) is 19.3. The molecule has 2 heterocycles. The fraction of sp³-hybridized carbons (Fsp3) is 0.500. The first-order chi connectivity index (χ1) is 7.41. The van der Waals surface area contributed by atoms with E-state index in [1.165, 1.54) is 0 Å². The molecule has 16 heavy (non-hydrogen) atoms. The van der Waals surface area contributed by atoms with Crippen molar-refractivity contribution in [2.24, 2.45) is 0 Å². The number of hydrogen-bond donors (Lipinski definition) is 0. The summed E-state index contributed by atoms with van der Waals surface area (Å²) in [5.74, 6) is 0. The molecule has 0 saturated carbocycles. The van der Waals surface area contributed by atoms with Gasteiger partial charge in [-0.15, -0.1) is 0 Å². The molecular formula is C10H15ClN4Sn. The van der Waals surface area contributed by atoms with Crippen molar-refractivity contribution < 1.29 is 0 Å². The Kier molecular flexibility index (Phi) is 3.13. The molecule has 0 spiro atoms. The zero-order valence-corrected chi connectivity index (χ0v) is 13.6. The molecule has 0 fully saturated rings. The van der Waals surface area contributed by atoms with E-state index in [4.69, 9.17) is 11.6 Å². The summed E-state index contributed by atoms with van der Waals surface area (Å²) in [7, 11) is 0. The molecule has 0 saturated heterocycles. The van der Waals surface area contributed by atoms with Gasteiger partial charge in [-0.2, -0.15) is 0 Å². The normalized spacial score (nSPS) is 12.3. The number of nitrogens with zero attached hydrogens (tertiary/aromatic N) is 4. The molecule has 0 aliphatic carbocycles. The van der Waals surface area contributed by atoms with Crippen LogP contribution in [-0.4, -0.2) is 38.1 Å². The number of fused-ring (bicyclic) bond motifs is 1. The first-order valence-corrected chi connectivity index (χ1v) is 15.7. The van der Waals surface area contributed by atoms with Crippen molar-refractivity contribution in [3.05, 3.63) is 11.5 Å². The molecule has 0 aliphatic heterocycles. The third-order valence-corrected chi connectivity index (χ3v) is 7.64. The van der Waals surface area contributed by atoms with Crippen molar-refractivity contribution in [3.8, 4) is 0 Å². The predicted octanol–water partition coefficient (Wildman–Crippen LogP) is 2.04. The molecule has 2 aromatic rings. The van der Waals surface area contributed by atoms with Crippen molar-refractivity contribution in [1.82, 2.24) is 19.7 Å². The van der Waals surface area contributed by atoms with Gasteiger partial charge in [-0.05, 0) is 0 Å². The monoisotopic (exact) mass is 346 g/mol. The van der Waals surface area contributed by atoms with Crippen molar-refractivity contribution in [1.29, 1.82) is 0 Å². The second kappa shape index (κ2) is 4.14. The third-order valence-electron chi connectivity index (χ3n) is 2.42. The van der Waals surface area contributed by atoms with Gasteiger partial charge in [0, 0.05) is 0 Å². The van der Waals surface area contributed by atoms with Gasteiger partial charge in [0.25, 0.3) is 0 Å². The van der Waals surface area contributed by atoms with Gasteiger partial charge in [0.05, 0.1) is 0 Å². The molecule has 0 unspecified atom stereocenters. The van der Waals surface area contributed by atoms with E-state index in [0.29, 0.717) is 5.28 Å². The van der Waals surface area contributed by atoms with Crippen molar-refractivity contribution in [3.63, 3.8) is 0 Å². The summed E-state index contributed by atoms with van der Waals surface area (Å²) in [4.78, 5) is 15.5. The van der Waals surface area contributed by atoms with Crippen molar-refractivity contribution >= 4 is 44.7 Å². The number of rotatable bonds is 2. The Morgan fingerprint density at radius 2 is 2.00 bits per heavy atom. The van der Waals surface area contributed by atoms with Crippen LogP contribution in [0.5, 0.6) is 0 Å². The third kappa shape index (κ3) is 2.18. The Morgan fingerprint density at radius 1 is 1.31 bits per heavy atom. The van der Waals surface area contributed by atoms with E-state index in [-0.39, 0.29) is 0 Å². The summed E-state index contributed by atoms with van der Waals surface area (Å²) in [5, 5.41) is 4.86. The van der Waals surface area contributed by atoms with Gasteiger partial charge >= 0.3 is 104 Å². The van der Waals surface area contributed by atoms with Crippen LogP contribution in [-0.2, 0) is 6.54 Å². The second-order valence-electron chi connectivity index (χ2n) is 4.81. The van der Waals surface area contributed by atoms with E-state index in [1.54, 1.807) is 0 Å². The van der Waals surface area contributed by atoms with E-state index >= 15 is 0 Å². The van der Waals surface area contributed by atoms with Crippen LogP contribution in [0.2, 0.25) is 20.1 Å². The molecule has 2 rings (SSSR count). The average Bonchev–Trinajstić information content (AvgIpc) is 2.57. The summed E-state index contributed by atoms with van der Waals surface area (Å²) in [6, 6.07) is 0. The molecule has 6 heteroatoms. The zero-order chi connectivity index (χ0) is 11.9. The van der Waals surface area contributed by atoms with E-state index in [9.17, 15) is 0 Å².